The van der Waals surface area contributed by atoms with Gasteiger partial charge in [0.2, 0.25) is 41.4 Å². The second-order valence-corrected chi connectivity index (χ2v) is 27.6. The Morgan fingerprint density at radius 3 is 1.96 bits per heavy atom. The number of allylic oxidation sites excluding steroid dienone is 6. The van der Waals surface area contributed by atoms with Crippen molar-refractivity contribution in [3.8, 4) is 5.75 Å². The van der Waals surface area contributed by atoms with Gasteiger partial charge in [0, 0.05) is 126 Å². The van der Waals surface area contributed by atoms with Gasteiger partial charge in [0.05, 0.1) is 54.3 Å². The molecular formula is C61H86N13O15P. The SMILES string of the molecule is COc1ccc2c(c1)ncn2[C@H]1O[C@H](CO)[C@@H](OP(=O)(O)O[C@H](C)CNC(=O)CC[C@@]2(C)/C3=C(\C)C4=N/C(=C\C5=NC(=C(/C)C6=N[C@@](C)(C(=N3)[C@@H]2CC(N)=O)[C@@](C)(CC(N)=O)[C@@H]6CCC(N)=O)/[C@@](C)(CC(N)=O)[C@@H]5CCC(N)=O)C(C)(C)[C@@H]4CCC(N)=O)[C@H]1O. The minimum atomic E-state index is -5.08. The summed E-state index contributed by atoms with van der Waals surface area (Å²) in [5.74, 6) is -7.03. The van der Waals surface area contributed by atoms with Crippen LogP contribution in [0.4, 0.5) is 0 Å². The minimum Gasteiger partial charge on any atom is -0.497 e. The van der Waals surface area contributed by atoms with E-state index in [2.05, 4.69) is 10.3 Å². The first-order chi connectivity index (χ1) is 42.0. The Hall–Kier alpha value is -7.33. The van der Waals surface area contributed by atoms with Crippen molar-refractivity contribution < 1.29 is 71.8 Å². The Kier molecular flexibility index (Phi) is 19.6. The van der Waals surface area contributed by atoms with Crippen molar-refractivity contribution in [1.82, 2.24) is 14.9 Å². The summed E-state index contributed by atoms with van der Waals surface area (Å²) >= 11 is 0. The van der Waals surface area contributed by atoms with E-state index >= 15 is 0 Å². The zero-order valence-electron chi connectivity index (χ0n) is 52.6. The van der Waals surface area contributed by atoms with Crippen LogP contribution in [0.5, 0.6) is 5.75 Å². The number of benzene rings is 1. The molecule has 28 nitrogen and oxygen atoms in total. The first-order valence-corrected chi connectivity index (χ1v) is 31.6. The number of ether oxygens (including phenoxy) is 2. The summed E-state index contributed by atoms with van der Waals surface area (Å²) in [6.07, 6.45) is -4.84. The second kappa shape index (κ2) is 25.7. The van der Waals surface area contributed by atoms with Crippen LogP contribution in [0.2, 0.25) is 0 Å². The maximum atomic E-state index is 14.3. The van der Waals surface area contributed by atoms with E-state index in [0.29, 0.717) is 67.9 Å². The number of amides is 7. The van der Waals surface area contributed by atoms with Crippen LogP contribution in [0, 0.1) is 45.3 Å². The monoisotopic (exact) mass is 1270 g/mol. The molecule has 1 unspecified atom stereocenters. The molecule has 7 heterocycles. The molecule has 1 saturated heterocycles. The van der Waals surface area contributed by atoms with Gasteiger partial charge in [0.1, 0.15) is 29.6 Å². The van der Waals surface area contributed by atoms with Crippen LogP contribution < -0.4 is 44.5 Å². The highest BCUT2D eigenvalue weighted by atomic mass is 31.2. The zero-order chi connectivity index (χ0) is 66.5. The van der Waals surface area contributed by atoms with Crippen molar-refractivity contribution in [2.75, 3.05) is 20.3 Å². The lowest BCUT2D eigenvalue weighted by molar-refractivity contribution is -0.123. The highest BCUT2D eigenvalue weighted by Crippen LogP contribution is 2.62. The van der Waals surface area contributed by atoms with E-state index in [1.165, 1.54) is 24.9 Å². The fourth-order valence-corrected chi connectivity index (χ4v) is 16.0. The number of aliphatic hydroxyl groups is 2. The van der Waals surface area contributed by atoms with Crippen molar-refractivity contribution in [2.45, 2.75) is 169 Å². The predicted molar refractivity (Wildman–Crippen MR) is 331 cm³/mol. The van der Waals surface area contributed by atoms with Crippen LogP contribution in [0.3, 0.4) is 0 Å². The third-order valence-corrected chi connectivity index (χ3v) is 20.9. The molecule has 6 aliphatic heterocycles. The number of nitrogens with one attached hydrogen (secondary N) is 1. The van der Waals surface area contributed by atoms with Gasteiger partial charge in [-0.2, -0.15) is 0 Å². The number of hydrogen-bond acceptors (Lipinski definition) is 19. The topological polar surface area (TPSA) is 470 Å². The molecule has 8 bridgehead atoms. The minimum absolute atomic E-state index is 0.0387. The molecule has 1 fully saturated rings. The molecule has 16 N–H and O–H groups in total. The van der Waals surface area contributed by atoms with Gasteiger partial charge in [-0.25, -0.2) is 9.55 Å². The Morgan fingerprint density at radius 1 is 0.767 bits per heavy atom. The molecule has 90 heavy (non-hydrogen) atoms. The van der Waals surface area contributed by atoms with Gasteiger partial charge in [0.15, 0.2) is 6.23 Å². The maximum Gasteiger partial charge on any atom is 0.472 e. The van der Waals surface area contributed by atoms with E-state index in [9.17, 15) is 53.2 Å². The number of phosphoric ester groups is 1. The maximum absolute atomic E-state index is 14.3. The molecule has 7 amide bonds. The Balaban J connectivity index is 1.20. The molecule has 14 atom stereocenters. The summed E-state index contributed by atoms with van der Waals surface area (Å²) in [6.45, 7) is 15.1. The van der Waals surface area contributed by atoms with E-state index in [-0.39, 0.29) is 77.2 Å². The Morgan fingerprint density at radius 2 is 1.37 bits per heavy atom. The third kappa shape index (κ3) is 13.0. The molecule has 0 saturated carbocycles. The van der Waals surface area contributed by atoms with E-state index in [1.54, 1.807) is 45.9 Å². The molecule has 0 spiro atoms. The molecule has 6 aliphatic rings. The molecular weight excluding hydrogens is 1190 g/mol. The van der Waals surface area contributed by atoms with Crippen LogP contribution >= 0.6 is 7.82 Å². The number of methoxy groups -OCH3 is 1. The number of nitrogens with zero attached hydrogens (tertiary/aromatic N) is 6. The lowest BCUT2D eigenvalue weighted by Crippen LogP contribution is -2.54. The van der Waals surface area contributed by atoms with Crippen molar-refractivity contribution >= 4 is 83.1 Å². The van der Waals surface area contributed by atoms with Crippen molar-refractivity contribution in [1.29, 1.82) is 0 Å². The number of fused-ring (bicyclic) bond motifs is 6. The Bertz CT molecular complexity index is 3570. The van der Waals surface area contributed by atoms with Crippen molar-refractivity contribution in [3.05, 3.63) is 58.8 Å². The number of hydrogen-bond donors (Lipinski definition) is 10. The summed E-state index contributed by atoms with van der Waals surface area (Å²) in [5.41, 5.74) is 34.6. The molecule has 0 aliphatic carbocycles. The molecule has 490 valence electrons. The van der Waals surface area contributed by atoms with Crippen LogP contribution in [-0.4, -0.2) is 139 Å². The van der Waals surface area contributed by atoms with E-state index < -0.39 is 137 Å². The smallest absolute Gasteiger partial charge is 0.472 e. The molecule has 1 aromatic heterocycles. The lowest BCUT2D eigenvalue weighted by atomic mass is 9.56. The number of phosphoric acid groups is 1. The Labute approximate surface area is 521 Å². The third-order valence-electron chi connectivity index (χ3n) is 19.8. The molecule has 2 aromatic rings. The van der Waals surface area contributed by atoms with E-state index in [4.69, 9.17) is 72.9 Å². The summed E-state index contributed by atoms with van der Waals surface area (Å²) in [4.78, 5) is 131. The average Bonchev–Trinajstić information content (AvgIpc) is 1.53. The number of nitrogens with two attached hydrogens (primary N) is 6. The summed E-state index contributed by atoms with van der Waals surface area (Å²) < 4.78 is 37.4. The average molecular weight is 1270 g/mol. The van der Waals surface area contributed by atoms with Crippen LogP contribution in [0.1, 0.15) is 139 Å². The fourth-order valence-electron chi connectivity index (χ4n) is 14.9. The number of rotatable bonds is 27. The number of carbonyl (C=O) groups excluding carboxylic acids is 7. The van der Waals surface area contributed by atoms with Crippen molar-refractivity contribution in [3.63, 3.8) is 0 Å². The number of primary amides is 6. The first kappa shape index (κ1) is 68.6. The van der Waals surface area contributed by atoms with Gasteiger partial charge in [-0.15, -0.1) is 0 Å². The number of aliphatic hydroxyl groups excluding tert-OH is 2. The molecule has 8 rings (SSSR count). The quantitative estimate of drug-likeness (QED) is 0.0575. The summed E-state index contributed by atoms with van der Waals surface area (Å²) in [6, 6.07) is 5.03. The number of imidazole rings is 1. The van der Waals surface area contributed by atoms with E-state index in [0.717, 1.165) is 0 Å². The zero-order valence-corrected chi connectivity index (χ0v) is 53.5. The number of aliphatic imine (C=N–C) groups is 4. The fraction of sp³-hybridized carbons (Fsp3) is 0.607. The molecule has 29 heteroatoms. The van der Waals surface area contributed by atoms with Gasteiger partial charge >= 0.3 is 7.82 Å². The number of carbonyl (C=O) groups is 7. The normalized spacial score (nSPS) is 33.4. The molecule has 1 aromatic carbocycles. The van der Waals surface area contributed by atoms with Crippen LogP contribution in [0.25, 0.3) is 11.0 Å². The summed E-state index contributed by atoms with van der Waals surface area (Å²) in [5, 5.41) is 24.5. The van der Waals surface area contributed by atoms with Gasteiger partial charge in [-0.05, 0) is 82.7 Å². The van der Waals surface area contributed by atoms with Gasteiger partial charge in [0.25, 0.3) is 0 Å². The highest BCUT2D eigenvalue weighted by Gasteiger charge is 2.65. The van der Waals surface area contributed by atoms with E-state index in [1.807, 2.05) is 33.8 Å². The number of aromatic nitrogens is 2. The van der Waals surface area contributed by atoms with Gasteiger partial charge < -0.3 is 68.9 Å². The van der Waals surface area contributed by atoms with Crippen LogP contribution in [-0.2, 0) is 51.9 Å². The predicted octanol–water partition coefficient (Wildman–Crippen LogP) is 3.04. The standard InChI is InChI=1S/C61H86N13O15P/c1-29(88-90(84,85)89-52-40(27-75)87-56(51(52)83)74-28-69-38-21-32(86-10)11-15-39(38)74)26-68-48(82)19-20-58(6)36(22-45(65)79)55-61(9)60(8,25-47(67)81)35(14-18-44(64)78)50(73-61)31(3)54-59(7,24-46(66)80)33(12-16-42(62)76)37(70-54)23-41-57(4,5)34(13-17-43(63)77)49(71-41)30(2)53(58)72-55/h11,15,21,23,28-29,33-36,40,51-52,56,75,83H,12-14,16-20,22,24-27H2,1-10H3,(H2,62,76)(H2,63,77)(H2,64,78)(H2,65,79)(H2,66,80)(H2,67,81)(H,68,82)(H,84,85)/b41-23-,53-30-,54-31-/t29-,33-,34-,35-,36+,40-,51-,52-,56+,58-,59+,60+,61+/m1/s1. The highest BCUT2D eigenvalue weighted by molar-refractivity contribution is 7.47. The first-order valence-electron chi connectivity index (χ1n) is 30.1. The van der Waals surface area contributed by atoms with Gasteiger partial charge in [-0.3, -0.25) is 62.6 Å². The lowest BCUT2D eigenvalue weighted by Gasteiger charge is -2.45. The van der Waals surface area contributed by atoms with Crippen LogP contribution in [0.15, 0.2) is 78.8 Å². The molecule has 0 radical (unpaired) electrons. The van der Waals surface area contributed by atoms with Gasteiger partial charge in [-0.1, -0.05) is 34.6 Å². The second-order valence-electron chi connectivity index (χ2n) is 26.2. The largest absolute Gasteiger partial charge is 0.497 e. The van der Waals surface area contributed by atoms with Crippen molar-refractivity contribution in [2.24, 2.45) is 99.7 Å². The summed E-state index contributed by atoms with van der Waals surface area (Å²) in [7, 11) is -3.59.